The molecule has 0 radical (unpaired) electrons. The van der Waals surface area contributed by atoms with E-state index in [4.69, 9.17) is 12.2 Å². The lowest BCUT2D eigenvalue weighted by molar-refractivity contribution is 0.0955. The Morgan fingerprint density at radius 2 is 2.14 bits per heavy atom. The number of carbonyl (C=O) groups is 1. The molecule has 2 aromatic rings. The molecule has 0 aliphatic rings. The van der Waals surface area contributed by atoms with E-state index in [1.807, 2.05) is 0 Å². The molecular weight excluding hydrogens is 304 g/mol. The first-order chi connectivity index (χ1) is 10.5. The molecule has 0 fully saturated rings. The van der Waals surface area contributed by atoms with E-state index >= 15 is 0 Å². The minimum absolute atomic E-state index is 0.0798. The second-order valence-corrected chi connectivity index (χ2v) is 4.69. The van der Waals surface area contributed by atoms with Crippen molar-refractivity contribution in [2.24, 2.45) is 5.10 Å². The van der Waals surface area contributed by atoms with Crippen LogP contribution in [0.3, 0.4) is 0 Å². The Kier molecular flexibility index (Phi) is 4.84. The number of rotatable bonds is 4. The molecule has 114 valence electrons. The summed E-state index contributed by atoms with van der Waals surface area (Å²) in [6, 6.07) is 8.50. The second-order valence-electron chi connectivity index (χ2n) is 4.31. The third-order valence-corrected chi connectivity index (χ3v) is 3.24. The summed E-state index contributed by atoms with van der Waals surface area (Å²) in [6.07, 6.45) is 1.08. The molecular formula is C14H14N4O3S. The van der Waals surface area contributed by atoms with Gasteiger partial charge in [0.15, 0.2) is 4.77 Å². The van der Waals surface area contributed by atoms with E-state index in [1.54, 1.807) is 37.3 Å². The molecule has 7 nitrogen and oxygen atoms in total. The Bertz CT molecular complexity index is 824. The van der Waals surface area contributed by atoms with Gasteiger partial charge in [-0.1, -0.05) is 18.2 Å². The number of carbonyl (C=O) groups excluding carboxylic acids is 1. The Labute approximate surface area is 130 Å². The first kappa shape index (κ1) is 15.6. The van der Waals surface area contributed by atoms with Crippen molar-refractivity contribution in [2.45, 2.75) is 13.5 Å². The number of amides is 1. The fourth-order valence-corrected chi connectivity index (χ4v) is 2.10. The van der Waals surface area contributed by atoms with Crippen LogP contribution in [0.4, 0.5) is 0 Å². The maximum absolute atomic E-state index is 11.8. The fraction of sp³-hybridized carbons (Fsp3) is 0.143. The van der Waals surface area contributed by atoms with Crippen LogP contribution < -0.4 is 11.0 Å². The summed E-state index contributed by atoms with van der Waals surface area (Å²) in [5.41, 5.74) is 2.06. The summed E-state index contributed by atoms with van der Waals surface area (Å²) >= 11 is 4.94. The van der Waals surface area contributed by atoms with Gasteiger partial charge in [-0.3, -0.25) is 19.1 Å². The summed E-state index contributed by atoms with van der Waals surface area (Å²) < 4.78 is 1.47. The van der Waals surface area contributed by atoms with E-state index in [2.05, 4.69) is 15.5 Å². The SMILES string of the molecule is CCn1c(O)c(/C=N\NC(=O)c2ccccc2)c(=O)[nH]c1=S. The van der Waals surface area contributed by atoms with Crippen molar-refractivity contribution in [3.05, 3.63) is 56.6 Å². The maximum atomic E-state index is 11.8. The van der Waals surface area contributed by atoms with Crippen LogP contribution in [0.2, 0.25) is 0 Å². The summed E-state index contributed by atoms with van der Waals surface area (Å²) in [6.45, 7) is 2.16. The van der Waals surface area contributed by atoms with Gasteiger partial charge in [0.05, 0.1) is 6.21 Å². The molecule has 0 bridgehead atoms. The van der Waals surface area contributed by atoms with Crippen LogP contribution in [0.25, 0.3) is 0 Å². The van der Waals surface area contributed by atoms with Crippen LogP contribution >= 0.6 is 12.2 Å². The predicted molar refractivity (Wildman–Crippen MR) is 84.7 cm³/mol. The Morgan fingerprint density at radius 3 is 2.77 bits per heavy atom. The molecule has 3 N–H and O–H groups in total. The number of hydrazone groups is 1. The molecule has 0 saturated carbocycles. The summed E-state index contributed by atoms with van der Waals surface area (Å²) in [5, 5.41) is 13.7. The Hall–Kier alpha value is -2.74. The van der Waals surface area contributed by atoms with Gasteiger partial charge in [-0.2, -0.15) is 5.10 Å². The Balaban J connectivity index is 2.23. The summed E-state index contributed by atoms with van der Waals surface area (Å²) in [5.74, 6) is -0.718. The minimum Gasteiger partial charge on any atom is -0.494 e. The van der Waals surface area contributed by atoms with Gasteiger partial charge in [0, 0.05) is 12.1 Å². The van der Waals surface area contributed by atoms with Crippen LogP contribution in [0.1, 0.15) is 22.8 Å². The summed E-state index contributed by atoms with van der Waals surface area (Å²) in [4.78, 5) is 26.0. The zero-order valence-electron chi connectivity index (χ0n) is 11.7. The van der Waals surface area contributed by atoms with Crippen molar-refractivity contribution in [1.82, 2.24) is 15.0 Å². The molecule has 1 aromatic carbocycles. The van der Waals surface area contributed by atoms with Crippen molar-refractivity contribution in [3.63, 3.8) is 0 Å². The number of benzene rings is 1. The molecule has 2 rings (SSSR count). The van der Waals surface area contributed by atoms with Gasteiger partial charge >= 0.3 is 0 Å². The fourth-order valence-electron chi connectivity index (χ4n) is 1.79. The lowest BCUT2D eigenvalue weighted by Gasteiger charge is -2.07. The molecule has 0 atom stereocenters. The lowest BCUT2D eigenvalue weighted by Crippen LogP contribution is -2.21. The third-order valence-electron chi connectivity index (χ3n) is 2.92. The zero-order chi connectivity index (χ0) is 16.1. The molecule has 1 aromatic heterocycles. The average molecular weight is 318 g/mol. The normalized spacial score (nSPS) is 10.8. The van der Waals surface area contributed by atoms with E-state index in [1.165, 1.54) is 4.57 Å². The molecule has 0 spiro atoms. The number of aromatic hydroxyl groups is 1. The molecule has 0 aliphatic heterocycles. The molecule has 1 amide bonds. The standard InChI is InChI=1S/C14H14N4O3S/c1-2-18-13(21)10(12(20)16-14(18)22)8-15-17-11(19)9-6-4-3-5-7-9/h3-8,21H,2H2,1H3,(H,17,19)(H,16,20,22)/b15-8-. The monoisotopic (exact) mass is 318 g/mol. The van der Waals surface area contributed by atoms with Gasteiger partial charge in [0.2, 0.25) is 5.88 Å². The van der Waals surface area contributed by atoms with Crippen molar-refractivity contribution in [3.8, 4) is 5.88 Å². The highest BCUT2D eigenvalue weighted by atomic mass is 32.1. The van der Waals surface area contributed by atoms with Crippen LogP contribution in [0.5, 0.6) is 5.88 Å². The number of nitrogens with zero attached hydrogens (tertiary/aromatic N) is 2. The van der Waals surface area contributed by atoms with Crippen molar-refractivity contribution in [1.29, 1.82) is 0 Å². The predicted octanol–water partition coefficient (Wildman–Crippen LogP) is 1.40. The van der Waals surface area contributed by atoms with Crippen LogP contribution in [-0.4, -0.2) is 26.8 Å². The van der Waals surface area contributed by atoms with Crippen molar-refractivity contribution < 1.29 is 9.90 Å². The van der Waals surface area contributed by atoms with Gasteiger partial charge in [0.25, 0.3) is 11.5 Å². The zero-order valence-corrected chi connectivity index (χ0v) is 12.6. The highest BCUT2D eigenvalue weighted by Crippen LogP contribution is 2.10. The first-order valence-electron chi connectivity index (χ1n) is 6.49. The first-order valence-corrected chi connectivity index (χ1v) is 6.90. The van der Waals surface area contributed by atoms with Gasteiger partial charge in [-0.05, 0) is 31.3 Å². The number of hydrogen-bond acceptors (Lipinski definition) is 5. The topological polar surface area (TPSA) is 99.5 Å². The van der Waals surface area contributed by atoms with Crippen LogP contribution in [0.15, 0.2) is 40.2 Å². The molecule has 0 aliphatic carbocycles. The van der Waals surface area contributed by atoms with Gasteiger partial charge in [0.1, 0.15) is 5.56 Å². The summed E-state index contributed by atoms with van der Waals surface area (Å²) in [7, 11) is 0. The molecule has 0 saturated heterocycles. The molecule has 8 heteroatoms. The minimum atomic E-state index is -0.579. The van der Waals surface area contributed by atoms with Crippen LogP contribution in [-0.2, 0) is 6.54 Å². The number of nitrogens with one attached hydrogen (secondary N) is 2. The number of aromatic nitrogens is 2. The highest BCUT2D eigenvalue weighted by molar-refractivity contribution is 7.71. The second kappa shape index (κ2) is 6.81. The average Bonchev–Trinajstić information content (AvgIpc) is 2.51. The largest absolute Gasteiger partial charge is 0.494 e. The van der Waals surface area contributed by atoms with Crippen molar-refractivity contribution in [2.75, 3.05) is 0 Å². The van der Waals surface area contributed by atoms with E-state index in [0.29, 0.717) is 12.1 Å². The van der Waals surface area contributed by atoms with E-state index in [-0.39, 0.29) is 16.2 Å². The smallest absolute Gasteiger partial charge is 0.271 e. The van der Waals surface area contributed by atoms with E-state index in [0.717, 1.165) is 6.21 Å². The number of hydrogen-bond donors (Lipinski definition) is 3. The number of aromatic amines is 1. The quantitative estimate of drug-likeness (QED) is 0.451. The van der Waals surface area contributed by atoms with Gasteiger partial charge in [-0.15, -0.1) is 0 Å². The molecule has 1 heterocycles. The number of H-pyrrole nitrogens is 1. The van der Waals surface area contributed by atoms with Crippen LogP contribution in [0, 0.1) is 4.77 Å². The Morgan fingerprint density at radius 1 is 1.45 bits per heavy atom. The maximum Gasteiger partial charge on any atom is 0.271 e. The van der Waals surface area contributed by atoms with E-state index < -0.39 is 11.5 Å². The third kappa shape index (κ3) is 3.29. The van der Waals surface area contributed by atoms with Gasteiger partial charge in [-0.25, -0.2) is 5.43 Å². The molecule has 22 heavy (non-hydrogen) atoms. The van der Waals surface area contributed by atoms with Crippen molar-refractivity contribution >= 4 is 24.3 Å². The van der Waals surface area contributed by atoms with E-state index in [9.17, 15) is 14.7 Å². The van der Waals surface area contributed by atoms with Gasteiger partial charge < -0.3 is 5.11 Å². The highest BCUT2D eigenvalue weighted by Gasteiger charge is 2.10. The lowest BCUT2D eigenvalue weighted by atomic mass is 10.2. The molecule has 0 unspecified atom stereocenters.